The van der Waals surface area contributed by atoms with Gasteiger partial charge in [0.25, 0.3) is 0 Å². The van der Waals surface area contributed by atoms with Crippen LogP contribution >= 0.6 is 0 Å². The number of methoxy groups -OCH3 is 1. The molecule has 1 aliphatic rings. The van der Waals surface area contributed by atoms with Crippen molar-refractivity contribution in [3.8, 4) is 5.75 Å². The van der Waals surface area contributed by atoms with Crippen LogP contribution in [0.1, 0.15) is 12.8 Å². The molecule has 17 heavy (non-hydrogen) atoms. The number of nitrogens with one attached hydrogen (secondary N) is 1. The third-order valence-corrected chi connectivity index (χ3v) is 3.12. The quantitative estimate of drug-likeness (QED) is 0.852. The first-order valence-electron chi connectivity index (χ1n) is 6.09. The predicted octanol–water partition coefficient (Wildman–Crippen LogP) is 2.34. The summed E-state index contributed by atoms with van der Waals surface area (Å²) in [7, 11) is 1.58. The van der Waals surface area contributed by atoms with E-state index in [1.807, 2.05) is 0 Å². The van der Waals surface area contributed by atoms with Gasteiger partial charge >= 0.3 is 0 Å². The molecule has 0 bridgehead atoms. The van der Waals surface area contributed by atoms with Crippen LogP contribution in [-0.2, 0) is 0 Å². The lowest BCUT2D eigenvalue weighted by molar-refractivity contribution is 0.352. The second kappa shape index (κ2) is 5.87. The average Bonchev–Trinajstić information content (AvgIpc) is 2.84. The lowest BCUT2D eigenvalue weighted by Crippen LogP contribution is -2.26. The van der Waals surface area contributed by atoms with Crippen molar-refractivity contribution in [2.24, 2.45) is 0 Å². The van der Waals surface area contributed by atoms with E-state index in [1.54, 1.807) is 19.2 Å². The van der Waals surface area contributed by atoms with Gasteiger partial charge in [0.2, 0.25) is 0 Å². The van der Waals surface area contributed by atoms with Crippen LogP contribution in [0.2, 0.25) is 0 Å². The fourth-order valence-corrected chi connectivity index (χ4v) is 2.12. The fourth-order valence-electron chi connectivity index (χ4n) is 2.12. The lowest BCUT2D eigenvalue weighted by Gasteiger charge is -2.15. The minimum absolute atomic E-state index is 0.229. The second-order valence-electron chi connectivity index (χ2n) is 4.32. The highest BCUT2D eigenvalue weighted by Gasteiger charge is 2.10. The summed E-state index contributed by atoms with van der Waals surface area (Å²) in [6, 6.07) is 4.75. The Bertz CT molecular complexity index is 364. The Kier molecular flexibility index (Phi) is 4.20. The number of ether oxygens (including phenoxy) is 1. The third-order valence-electron chi connectivity index (χ3n) is 3.12. The minimum atomic E-state index is -0.229. The van der Waals surface area contributed by atoms with Crippen molar-refractivity contribution in [2.45, 2.75) is 12.8 Å². The fraction of sp³-hybridized carbons (Fsp3) is 0.538. The summed E-state index contributed by atoms with van der Waals surface area (Å²) in [5.74, 6) is 0.447. The molecule has 0 spiro atoms. The molecule has 0 saturated carbocycles. The number of halogens is 1. The normalized spacial score (nSPS) is 16.1. The topological polar surface area (TPSA) is 24.5 Å². The number of rotatable bonds is 5. The summed E-state index contributed by atoms with van der Waals surface area (Å²) in [4.78, 5) is 2.39. The Morgan fingerprint density at radius 1 is 1.35 bits per heavy atom. The van der Waals surface area contributed by atoms with Crippen molar-refractivity contribution in [3.05, 3.63) is 24.0 Å². The summed E-state index contributed by atoms with van der Waals surface area (Å²) >= 11 is 0. The second-order valence-corrected chi connectivity index (χ2v) is 4.32. The zero-order chi connectivity index (χ0) is 12.1. The molecule has 0 amide bonds. The van der Waals surface area contributed by atoms with E-state index in [0.717, 1.165) is 13.1 Å². The van der Waals surface area contributed by atoms with E-state index >= 15 is 0 Å². The number of anilines is 1. The van der Waals surface area contributed by atoms with Crippen LogP contribution in [0.15, 0.2) is 18.2 Å². The van der Waals surface area contributed by atoms with E-state index in [0.29, 0.717) is 11.4 Å². The molecule has 1 N–H and O–H groups in total. The zero-order valence-corrected chi connectivity index (χ0v) is 10.2. The molecule has 2 rings (SSSR count). The van der Waals surface area contributed by atoms with Crippen molar-refractivity contribution in [2.75, 3.05) is 38.6 Å². The maximum Gasteiger partial charge on any atom is 0.146 e. The Hall–Kier alpha value is -1.29. The van der Waals surface area contributed by atoms with Crippen LogP contribution in [0.25, 0.3) is 0 Å². The molecule has 3 nitrogen and oxygen atoms in total. The lowest BCUT2D eigenvalue weighted by atomic mass is 10.3. The van der Waals surface area contributed by atoms with Gasteiger partial charge in [-0.05, 0) is 38.1 Å². The van der Waals surface area contributed by atoms with Crippen LogP contribution in [-0.4, -0.2) is 38.2 Å². The minimum Gasteiger partial charge on any atom is -0.497 e. The first kappa shape index (κ1) is 12.2. The van der Waals surface area contributed by atoms with Crippen molar-refractivity contribution < 1.29 is 9.13 Å². The summed E-state index contributed by atoms with van der Waals surface area (Å²) in [6.45, 7) is 4.07. The summed E-state index contributed by atoms with van der Waals surface area (Å²) in [5, 5.41) is 3.12. The van der Waals surface area contributed by atoms with Crippen molar-refractivity contribution in [1.29, 1.82) is 0 Å². The molecule has 0 unspecified atom stereocenters. The van der Waals surface area contributed by atoms with Gasteiger partial charge in [0.15, 0.2) is 0 Å². The molecule has 1 aromatic carbocycles. The first-order valence-corrected chi connectivity index (χ1v) is 6.09. The van der Waals surface area contributed by atoms with Crippen LogP contribution in [0.4, 0.5) is 10.1 Å². The molecule has 1 aliphatic heterocycles. The Balaban J connectivity index is 1.84. The van der Waals surface area contributed by atoms with E-state index in [1.165, 1.54) is 32.0 Å². The standard InChI is InChI=1S/C13H19FN2O/c1-17-11-4-5-12(14)13(10-11)15-6-9-16-7-2-3-8-16/h4-5,10,15H,2-3,6-9H2,1H3. The van der Waals surface area contributed by atoms with Crippen LogP contribution in [0, 0.1) is 5.82 Å². The van der Waals surface area contributed by atoms with E-state index in [-0.39, 0.29) is 5.82 Å². The van der Waals surface area contributed by atoms with Gasteiger partial charge in [0, 0.05) is 19.2 Å². The molecule has 1 aromatic rings. The molecule has 1 saturated heterocycles. The van der Waals surface area contributed by atoms with Gasteiger partial charge in [-0.15, -0.1) is 0 Å². The summed E-state index contributed by atoms with van der Waals surface area (Å²) in [6.07, 6.45) is 2.57. The number of nitrogens with zero attached hydrogens (tertiary/aromatic N) is 1. The van der Waals surface area contributed by atoms with Gasteiger partial charge in [-0.25, -0.2) is 4.39 Å². The Morgan fingerprint density at radius 3 is 2.82 bits per heavy atom. The molecular weight excluding hydrogens is 219 g/mol. The Labute approximate surface area is 102 Å². The van der Waals surface area contributed by atoms with Gasteiger partial charge in [-0.3, -0.25) is 0 Å². The monoisotopic (exact) mass is 238 g/mol. The molecule has 0 aromatic heterocycles. The molecule has 1 fully saturated rings. The highest BCUT2D eigenvalue weighted by Crippen LogP contribution is 2.20. The van der Waals surface area contributed by atoms with Gasteiger partial charge in [-0.1, -0.05) is 0 Å². The van der Waals surface area contributed by atoms with E-state index in [2.05, 4.69) is 10.2 Å². The molecule has 1 heterocycles. The maximum atomic E-state index is 13.5. The van der Waals surface area contributed by atoms with Gasteiger partial charge in [0.05, 0.1) is 12.8 Å². The van der Waals surface area contributed by atoms with Crippen LogP contribution in [0.5, 0.6) is 5.75 Å². The zero-order valence-electron chi connectivity index (χ0n) is 10.2. The number of likely N-dealkylation sites (tertiary alicyclic amines) is 1. The first-order chi connectivity index (χ1) is 8.29. The van der Waals surface area contributed by atoms with Gasteiger partial charge in [-0.2, -0.15) is 0 Å². The van der Waals surface area contributed by atoms with E-state index in [4.69, 9.17) is 4.74 Å². The largest absolute Gasteiger partial charge is 0.497 e. The number of hydrogen-bond acceptors (Lipinski definition) is 3. The number of hydrogen-bond donors (Lipinski definition) is 1. The molecule has 0 atom stereocenters. The third kappa shape index (κ3) is 3.33. The summed E-state index contributed by atoms with van der Waals surface area (Å²) in [5.41, 5.74) is 0.517. The molecule has 0 radical (unpaired) electrons. The summed E-state index contributed by atoms with van der Waals surface area (Å²) < 4.78 is 18.5. The maximum absolute atomic E-state index is 13.5. The van der Waals surface area contributed by atoms with Crippen molar-refractivity contribution >= 4 is 5.69 Å². The van der Waals surface area contributed by atoms with Gasteiger partial charge in [0.1, 0.15) is 11.6 Å². The van der Waals surface area contributed by atoms with Crippen molar-refractivity contribution in [1.82, 2.24) is 4.90 Å². The van der Waals surface area contributed by atoms with Crippen molar-refractivity contribution in [3.63, 3.8) is 0 Å². The predicted molar refractivity (Wildman–Crippen MR) is 67.1 cm³/mol. The molecule has 4 heteroatoms. The highest BCUT2D eigenvalue weighted by atomic mass is 19.1. The van der Waals surface area contributed by atoms with E-state index in [9.17, 15) is 4.39 Å². The smallest absolute Gasteiger partial charge is 0.146 e. The molecular formula is C13H19FN2O. The Morgan fingerprint density at radius 2 is 2.12 bits per heavy atom. The molecule has 94 valence electrons. The SMILES string of the molecule is COc1ccc(F)c(NCCN2CCCC2)c1. The van der Waals surface area contributed by atoms with Gasteiger partial charge < -0.3 is 15.0 Å². The highest BCUT2D eigenvalue weighted by molar-refractivity contribution is 5.49. The van der Waals surface area contributed by atoms with E-state index < -0.39 is 0 Å². The number of benzene rings is 1. The molecule has 0 aliphatic carbocycles. The van der Waals surface area contributed by atoms with Crippen LogP contribution < -0.4 is 10.1 Å². The average molecular weight is 238 g/mol. The van der Waals surface area contributed by atoms with Crippen LogP contribution in [0.3, 0.4) is 0 Å².